The minimum Gasteiger partial charge on any atom is -0.371 e. The van der Waals surface area contributed by atoms with Gasteiger partial charge in [-0.05, 0) is 84.3 Å². The number of rotatable bonds is 13. The molecule has 0 spiro atoms. The molecule has 0 bridgehead atoms. The average molecular weight is 738 g/mol. The summed E-state index contributed by atoms with van der Waals surface area (Å²) in [6.45, 7) is 6.23. The number of amides is 4. The Morgan fingerprint density at radius 2 is 0.909 bits per heavy atom. The summed E-state index contributed by atoms with van der Waals surface area (Å²) in [4.78, 5) is 63.8. The smallest absolute Gasteiger partial charge is 0.261 e. The number of hydrogen-bond donors (Lipinski definition) is 0. The van der Waals surface area contributed by atoms with E-state index in [1.165, 1.54) is 12.8 Å². The van der Waals surface area contributed by atoms with E-state index >= 15 is 0 Å². The molecule has 4 amide bonds. The van der Waals surface area contributed by atoms with Gasteiger partial charge in [0.25, 0.3) is 23.6 Å². The van der Waals surface area contributed by atoms with Crippen LogP contribution in [0.5, 0.6) is 0 Å². The third-order valence-corrected chi connectivity index (χ3v) is 13.6. The molecule has 2 fully saturated rings. The van der Waals surface area contributed by atoms with E-state index in [9.17, 15) is 19.2 Å². The summed E-state index contributed by atoms with van der Waals surface area (Å²) in [5, 5.41) is 7.32. The molecule has 0 radical (unpaired) electrons. The predicted molar refractivity (Wildman–Crippen MR) is 223 cm³/mol. The van der Waals surface area contributed by atoms with E-state index in [-0.39, 0.29) is 35.7 Å². The predicted octanol–water partition coefficient (Wildman–Crippen LogP) is 11.6. The molecule has 9 rings (SSSR count). The molecule has 55 heavy (non-hydrogen) atoms. The highest BCUT2D eigenvalue weighted by atomic mass is 16.2. The number of carbonyl (C=O) groups is 4. The SMILES string of the molecule is CCCCCCN(CCCCCC)c1cc2c3c(ccc4c5ccc6c7c(ccc(c1c34)c75)C(=O)N(C1CCCCC1)C6=O)C(=O)N(C1CCCCC1)C2=O. The van der Waals surface area contributed by atoms with Crippen LogP contribution in [0.3, 0.4) is 0 Å². The summed E-state index contributed by atoms with van der Waals surface area (Å²) >= 11 is 0. The van der Waals surface area contributed by atoms with Crippen LogP contribution in [-0.2, 0) is 0 Å². The number of carbonyl (C=O) groups excluding carboxylic acids is 4. The quantitative estimate of drug-likeness (QED) is 0.0520. The Labute approximate surface area is 324 Å². The Balaban J connectivity index is 1.31. The Morgan fingerprint density at radius 1 is 0.473 bits per heavy atom. The van der Waals surface area contributed by atoms with Crippen LogP contribution in [0.25, 0.3) is 43.1 Å². The highest BCUT2D eigenvalue weighted by Crippen LogP contribution is 2.50. The first kappa shape index (κ1) is 36.1. The number of unbranched alkanes of at least 4 members (excludes halogenated alkanes) is 6. The van der Waals surface area contributed by atoms with E-state index in [4.69, 9.17) is 0 Å². The van der Waals surface area contributed by atoms with Gasteiger partial charge in [0.15, 0.2) is 0 Å². The summed E-state index contributed by atoms with van der Waals surface area (Å²) in [5.41, 5.74) is 3.46. The Morgan fingerprint density at radius 3 is 1.40 bits per heavy atom. The van der Waals surface area contributed by atoms with Gasteiger partial charge in [-0.2, -0.15) is 0 Å². The van der Waals surface area contributed by atoms with Crippen LogP contribution in [0.2, 0.25) is 0 Å². The number of anilines is 1. The van der Waals surface area contributed by atoms with Crippen molar-refractivity contribution in [2.45, 2.75) is 142 Å². The van der Waals surface area contributed by atoms with Crippen molar-refractivity contribution >= 4 is 72.4 Å². The van der Waals surface area contributed by atoms with Gasteiger partial charge in [-0.15, -0.1) is 0 Å². The molecule has 5 aromatic rings. The lowest BCUT2D eigenvalue weighted by Crippen LogP contribution is -2.48. The molecular formula is C48H55N3O4. The first-order valence-electron chi connectivity index (χ1n) is 21.7. The van der Waals surface area contributed by atoms with Crippen LogP contribution >= 0.6 is 0 Å². The highest BCUT2D eigenvalue weighted by Gasteiger charge is 2.42. The van der Waals surface area contributed by atoms with Gasteiger partial charge in [-0.25, -0.2) is 0 Å². The van der Waals surface area contributed by atoms with Crippen molar-refractivity contribution in [1.82, 2.24) is 9.80 Å². The number of imide groups is 2. The van der Waals surface area contributed by atoms with E-state index in [0.717, 1.165) is 165 Å². The first-order chi connectivity index (χ1) is 26.9. The maximum Gasteiger partial charge on any atom is 0.261 e. The molecule has 5 aromatic carbocycles. The zero-order valence-corrected chi connectivity index (χ0v) is 32.8. The molecule has 0 aromatic heterocycles. The van der Waals surface area contributed by atoms with Crippen LogP contribution in [0.15, 0.2) is 42.5 Å². The average Bonchev–Trinajstić information content (AvgIpc) is 3.21. The normalized spacial score (nSPS) is 18.3. The van der Waals surface area contributed by atoms with Crippen LogP contribution < -0.4 is 4.90 Å². The Kier molecular flexibility index (Phi) is 9.76. The lowest BCUT2D eigenvalue weighted by molar-refractivity contribution is 0.0487. The van der Waals surface area contributed by atoms with Gasteiger partial charge in [0.05, 0.1) is 5.56 Å². The van der Waals surface area contributed by atoms with Crippen molar-refractivity contribution in [3.63, 3.8) is 0 Å². The molecule has 2 heterocycles. The largest absolute Gasteiger partial charge is 0.371 e. The van der Waals surface area contributed by atoms with Gasteiger partial charge in [0.2, 0.25) is 0 Å². The van der Waals surface area contributed by atoms with Crippen molar-refractivity contribution in [3.05, 3.63) is 64.7 Å². The van der Waals surface area contributed by atoms with E-state index in [2.05, 4.69) is 43.0 Å². The third-order valence-electron chi connectivity index (χ3n) is 13.6. The summed E-state index contributed by atoms with van der Waals surface area (Å²) in [7, 11) is 0. The molecule has 7 nitrogen and oxygen atoms in total. The molecule has 0 atom stereocenters. The molecule has 4 aliphatic rings. The van der Waals surface area contributed by atoms with Crippen molar-refractivity contribution in [1.29, 1.82) is 0 Å². The minimum atomic E-state index is -0.183. The molecule has 2 aliphatic carbocycles. The van der Waals surface area contributed by atoms with E-state index < -0.39 is 0 Å². The van der Waals surface area contributed by atoms with E-state index in [1.54, 1.807) is 9.80 Å². The molecule has 0 N–H and O–H groups in total. The van der Waals surface area contributed by atoms with Gasteiger partial charge in [0, 0.05) is 69.1 Å². The fourth-order valence-electron chi connectivity index (χ4n) is 10.8. The molecule has 286 valence electrons. The topological polar surface area (TPSA) is 78.0 Å². The van der Waals surface area contributed by atoms with Crippen LogP contribution in [-0.4, -0.2) is 58.6 Å². The van der Waals surface area contributed by atoms with Gasteiger partial charge in [-0.1, -0.05) is 109 Å². The second-order valence-corrected chi connectivity index (χ2v) is 17.0. The maximum absolute atomic E-state index is 14.8. The summed E-state index contributed by atoms with van der Waals surface area (Å²) in [5.74, 6) is -0.712. The lowest BCUT2D eigenvalue weighted by Gasteiger charge is -2.38. The third kappa shape index (κ3) is 5.82. The van der Waals surface area contributed by atoms with Crippen molar-refractivity contribution in [2.24, 2.45) is 0 Å². The fraction of sp³-hybridized carbons (Fsp3) is 0.500. The highest BCUT2D eigenvalue weighted by molar-refractivity contribution is 6.43. The number of hydrogen-bond acceptors (Lipinski definition) is 5. The van der Waals surface area contributed by atoms with Gasteiger partial charge in [-0.3, -0.25) is 29.0 Å². The van der Waals surface area contributed by atoms with E-state index in [0.29, 0.717) is 22.3 Å². The van der Waals surface area contributed by atoms with Gasteiger partial charge < -0.3 is 4.90 Å². The number of nitrogens with zero attached hydrogens (tertiary/aromatic N) is 3. The van der Waals surface area contributed by atoms with Crippen LogP contribution in [0.1, 0.15) is 171 Å². The lowest BCUT2D eigenvalue weighted by atomic mass is 9.80. The number of fused-ring (bicyclic) bond motifs is 2. The zero-order valence-electron chi connectivity index (χ0n) is 32.8. The summed E-state index contributed by atoms with van der Waals surface area (Å²) in [6.07, 6.45) is 18.9. The second-order valence-electron chi connectivity index (χ2n) is 17.0. The first-order valence-corrected chi connectivity index (χ1v) is 21.7. The Hall–Kier alpha value is -4.52. The molecule has 2 aliphatic heterocycles. The standard InChI is InChI=1S/C48H55N3O4/c1-3-5-7-15-27-49(28-16-8-6-4-2)39-29-38-42-37(47(54)51(48(38)55)31-19-13-10-14-20-31)25-22-33-32-21-24-35-41-36(26-23-34(40(32)41)43(39)44(33)42)46(53)50(45(35)52)30-17-11-9-12-18-30/h21-26,29-31H,3-20,27-28H2,1-2H3. The van der Waals surface area contributed by atoms with Crippen molar-refractivity contribution < 1.29 is 19.2 Å². The Bertz CT molecular complexity index is 2300. The molecule has 0 saturated heterocycles. The number of benzene rings is 5. The molecular weight excluding hydrogens is 683 g/mol. The molecule has 0 unspecified atom stereocenters. The maximum atomic E-state index is 14.8. The summed E-state index contributed by atoms with van der Waals surface area (Å²) < 4.78 is 0. The van der Waals surface area contributed by atoms with Crippen LogP contribution in [0, 0.1) is 0 Å². The van der Waals surface area contributed by atoms with E-state index in [1.807, 2.05) is 18.2 Å². The summed E-state index contributed by atoms with van der Waals surface area (Å²) in [6, 6.07) is 14.0. The van der Waals surface area contributed by atoms with Gasteiger partial charge in [0.1, 0.15) is 0 Å². The molecule has 7 heteroatoms. The monoisotopic (exact) mass is 737 g/mol. The van der Waals surface area contributed by atoms with Crippen molar-refractivity contribution in [2.75, 3.05) is 18.0 Å². The van der Waals surface area contributed by atoms with Crippen LogP contribution in [0.4, 0.5) is 5.69 Å². The molecule has 2 saturated carbocycles. The fourth-order valence-corrected chi connectivity index (χ4v) is 10.8. The minimum absolute atomic E-state index is 0.0649. The zero-order chi connectivity index (χ0) is 37.8. The van der Waals surface area contributed by atoms with Crippen molar-refractivity contribution in [3.8, 4) is 0 Å². The van der Waals surface area contributed by atoms with Gasteiger partial charge >= 0.3 is 0 Å². The second kappa shape index (κ2) is 14.9.